The molecule has 0 saturated heterocycles. The molecular weight excluding hydrogens is 202 g/mol. The molecule has 1 aliphatic heterocycles. The van der Waals surface area contributed by atoms with Crippen molar-refractivity contribution in [2.24, 2.45) is 5.73 Å². The summed E-state index contributed by atoms with van der Waals surface area (Å²) in [5.74, 6) is -0.172. The molecule has 0 bridgehead atoms. The minimum absolute atomic E-state index is 0.172. The average molecular weight is 215 g/mol. The Morgan fingerprint density at radius 1 is 1.31 bits per heavy atom. The first-order chi connectivity index (χ1) is 7.65. The van der Waals surface area contributed by atoms with E-state index in [0.29, 0.717) is 5.70 Å². The zero-order chi connectivity index (χ0) is 11.3. The number of hydrogen-bond donors (Lipinski definition) is 3. The van der Waals surface area contributed by atoms with Gasteiger partial charge in [0.05, 0.1) is 17.1 Å². The van der Waals surface area contributed by atoms with E-state index in [2.05, 4.69) is 17.2 Å². The van der Waals surface area contributed by atoms with E-state index in [1.165, 1.54) is 11.1 Å². The van der Waals surface area contributed by atoms with E-state index in [1.807, 2.05) is 12.1 Å². The Morgan fingerprint density at radius 3 is 2.94 bits per heavy atom. The predicted molar refractivity (Wildman–Crippen MR) is 63.2 cm³/mol. The Labute approximate surface area is 93.5 Å². The maximum absolute atomic E-state index is 11.4. The fourth-order valence-corrected chi connectivity index (χ4v) is 2.38. The number of rotatable bonds is 0. The largest absolute Gasteiger partial charge is 0.350 e. The van der Waals surface area contributed by atoms with E-state index in [9.17, 15) is 4.79 Å². The normalized spacial score (nSPS) is 22.2. The zero-order valence-electron chi connectivity index (χ0n) is 8.84. The minimum atomic E-state index is -0.172. The average Bonchev–Trinajstić information content (AvgIpc) is 2.61. The third-order valence-electron chi connectivity index (χ3n) is 3.16. The standard InChI is InChI=1S/C12H13N3O/c1-6-12(16)15-10-3-2-7-4-8(13)5-9(7)11(10)14-6/h2-3,8,14H,1,4-5,13H2,(H,15,16). The summed E-state index contributed by atoms with van der Waals surface area (Å²) < 4.78 is 0. The summed E-state index contributed by atoms with van der Waals surface area (Å²) in [6, 6.07) is 4.15. The molecule has 1 aromatic carbocycles. The highest BCUT2D eigenvalue weighted by atomic mass is 16.2. The molecule has 1 amide bonds. The highest BCUT2D eigenvalue weighted by molar-refractivity contribution is 6.11. The second-order valence-corrected chi connectivity index (χ2v) is 4.35. The van der Waals surface area contributed by atoms with E-state index in [4.69, 9.17) is 5.73 Å². The highest BCUT2D eigenvalue weighted by Crippen LogP contribution is 2.37. The van der Waals surface area contributed by atoms with Crippen molar-refractivity contribution in [1.29, 1.82) is 0 Å². The maximum atomic E-state index is 11.4. The molecule has 16 heavy (non-hydrogen) atoms. The van der Waals surface area contributed by atoms with Crippen molar-refractivity contribution in [3.05, 3.63) is 35.5 Å². The Morgan fingerprint density at radius 2 is 2.12 bits per heavy atom. The van der Waals surface area contributed by atoms with Crippen LogP contribution in [0.3, 0.4) is 0 Å². The highest BCUT2D eigenvalue weighted by Gasteiger charge is 2.27. The van der Waals surface area contributed by atoms with Gasteiger partial charge in [0.1, 0.15) is 0 Å². The lowest BCUT2D eigenvalue weighted by Crippen LogP contribution is -2.25. The molecule has 1 heterocycles. The monoisotopic (exact) mass is 215 g/mol. The van der Waals surface area contributed by atoms with Gasteiger partial charge in [-0.1, -0.05) is 12.6 Å². The number of fused-ring (bicyclic) bond motifs is 3. The van der Waals surface area contributed by atoms with Crippen molar-refractivity contribution in [3.8, 4) is 0 Å². The molecular formula is C12H13N3O. The number of nitrogens with one attached hydrogen (secondary N) is 2. The van der Waals surface area contributed by atoms with E-state index in [1.54, 1.807) is 0 Å². The first kappa shape index (κ1) is 9.42. The van der Waals surface area contributed by atoms with Crippen LogP contribution in [0, 0.1) is 0 Å². The smallest absolute Gasteiger partial charge is 0.271 e. The lowest BCUT2D eigenvalue weighted by Gasteiger charge is -2.23. The summed E-state index contributed by atoms with van der Waals surface area (Å²) in [6.07, 6.45) is 1.76. The summed E-state index contributed by atoms with van der Waals surface area (Å²) in [5.41, 5.74) is 10.6. The first-order valence-electron chi connectivity index (χ1n) is 5.33. The molecule has 1 unspecified atom stereocenters. The SMILES string of the molecule is C=C1Nc2c(ccc3c2CC(N)C3)NC1=O. The summed E-state index contributed by atoms with van der Waals surface area (Å²) in [7, 11) is 0. The van der Waals surface area contributed by atoms with Gasteiger partial charge < -0.3 is 16.4 Å². The van der Waals surface area contributed by atoms with Crippen LogP contribution < -0.4 is 16.4 Å². The molecule has 82 valence electrons. The number of amides is 1. The fourth-order valence-electron chi connectivity index (χ4n) is 2.38. The fraction of sp³-hybridized carbons (Fsp3) is 0.250. The van der Waals surface area contributed by atoms with Crippen molar-refractivity contribution in [2.45, 2.75) is 18.9 Å². The number of benzene rings is 1. The lowest BCUT2D eigenvalue weighted by atomic mass is 10.0. The molecule has 0 radical (unpaired) electrons. The third-order valence-corrected chi connectivity index (χ3v) is 3.16. The summed E-state index contributed by atoms with van der Waals surface area (Å²) >= 11 is 0. The lowest BCUT2D eigenvalue weighted by molar-refractivity contribution is -0.112. The van der Waals surface area contributed by atoms with Gasteiger partial charge in [0.15, 0.2) is 0 Å². The Bertz CT molecular complexity index is 507. The van der Waals surface area contributed by atoms with Crippen molar-refractivity contribution in [1.82, 2.24) is 0 Å². The van der Waals surface area contributed by atoms with Gasteiger partial charge in [-0.15, -0.1) is 0 Å². The van der Waals surface area contributed by atoms with Gasteiger partial charge in [-0.2, -0.15) is 0 Å². The Kier molecular flexibility index (Phi) is 1.82. The molecule has 2 aliphatic rings. The molecule has 1 aliphatic carbocycles. The second-order valence-electron chi connectivity index (χ2n) is 4.35. The van der Waals surface area contributed by atoms with Crippen LogP contribution >= 0.6 is 0 Å². The van der Waals surface area contributed by atoms with Crippen molar-refractivity contribution < 1.29 is 4.79 Å². The quantitative estimate of drug-likeness (QED) is 0.565. The van der Waals surface area contributed by atoms with Crippen LogP contribution in [0.4, 0.5) is 11.4 Å². The number of hydrogen-bond acceptors (Lipinski definition) is 3. The van der Waals surface area contributed by atoms with Crippen LogP contribution in [-0.4, -0.2) is 11.9 Å². The Hall–Kier alpha value is -1.81. The van der Waals surface area contributed by atoms with Crippen molar-refractivity contribution in [3.63, 3.8) is 0 Å². The van der Waals surface area contributed by atoms with Gasteiger partial charge in [-0.3, -0.25) is 4.79 Å². The summed E-state index contributed by atoms with van der Waals surface area (Å²) in [5, 5.41) is 5.88. The molecule has 0 fully saturated rings. The predicted octanol–water partition coefficient (Wildman–Crippen LogP) is 0.990. The van der Waals surface area contributed by atoms with Gasteiger partial charge >= 0.3 is 0 Å². The molecule has 4 heteroatoms. The van der Waals surface area contributed by atoms with Gasteiger partial charge in [0.25, 0.3) is 5.91 Å². The van der Waals surface area contributed by atoms with Crippen LogP contribution in [0.2, 0.25) is 0 Å². The van der Waals surface area contributed by atoms with Crippen LogP contribution in [0.1, 0.15) is 11.1 Å². The molecule has 4 N–H and O–H groups in total. The van der Waals surface area contributed by atoms with E-state index in [0.717, 1.165) is 24.2 Å². The number of carbonyl (C=O) groups excluding carboxylic acids is 1. The molecule has 0 aromatic heterocycles. The maximum Gasteiger partial charge on any atom is 0.271 e. The Balaban J connectivity index is 2.13. The van der Waals surface area contributed by atoms with Crippen LogP contribution in [0.25, 0.3) is 0 Å². The van der Waals surface area contributed by atoms with E-state index in [-0.39, 0.29) is 11.9 Å². The van der Waals surface area contributed by atoms with Crippen LogP contribution in [0.5, 0.6) is 0 Å². The third kappa shape index (κ3) is 1.23. The molecule has 0 saturated carbocycles. The molecule has 0 spiro atoms. The van der Waals surface area contributed by atoms with Gasteiger partial charge in [0, 0.05) is 6.04 Å². The van der Waals surface area contributed by atoms with Gasteiger partial charge in [0.2, 0.25) is 0 Å². The molecule has 1 atom stereocenters. The van der Waals surface area contributed by atoms with Crippen LogP contribution in [-0.2, 0) is 17.6 Å². The van der Waals surface area contributed by atoms with E-state index >= 15 is 0 Å². The second kappa shape index (κ2) is 3.09. The topological polar surface area (TPSA) is 67.2 Å². The number of anilines is 2. The molecule has 1 aromatic rings. The van der Waals surface area contributed by atoms with E-state index < -0.39 is 0 Å². The minimum Gasteiger partial charge on any atom is -0.350 e. The van der Waals surface area contributed by atoms with Gasteiger partial charge in [-0.05, 0) is 30.0 Å². The number of carbonyl (C=O) groups is 1. The molecule has 3 rings (SSSR count). The first-order valence-corrected chi connectivity index (χ1v) is 5.33. The van der Waals surface area contributed by atoms with Gasteiger partial charge in [-0.25, -0.2) is 0 Å². The summed E-state index contributed by atoms with van der Waals surface area (Å²) in [4.78, 5) is 11.4. The number of nitrogens with two attached hydrogens (primary N) is 1. The summed E-state index contributed by atoms with van der Waals surface area (Å²) in [6.45, 7) is 3.68. The van der Waals surface area contributed by atoms with Crippen LogP contribution in [0.15, 0.2) is 24.4 Å². The van der Waals surface area contributed by atoms with Crippen molar-refractivity contribution in [2.75, 3.05) is 10.6 Å². The molecule has 4 nitrogen and oxygen atoms in total. The van der Waals surface area contributed by atoms with Crippen molar-refractivity contribution >= 4 is 17.3 Å². The zero-order valence-corrected chi connectivity index (χ0v) is 8.84.